The zero-order chi connectivity index (χ0) is 12.1. The van der Waals surface area contributed by atoms with Crippen LogP contribution in [0.5, 0.6) is 0 Å². The molecule has 92 valence electrons. The number of methoxy groups -OCH3 is 1. The minimum Gasteiger partial charge on any atom is -0.384 e. The van der Waals surface area contributed by atoms with E-state index in [2.05, 4.69) is 20.5 Å². The summed E-state index contributed by atoms with van der Waals surface area (Å²) in [5.41, 5.74) is 5.96. The van der Waals surface area contributed by atoms with Gasteiger partial charge in [-0.2, -0.15) is 4.98 Å². The second kappa shape index (κ2) is 5.51. The molecule has 0 radical (unpaired) electrons. The van der Waals surface area contributed by atoms with Crippen molar-refractivity contribution in [3.05, 3.63) is 12.0 Å². The maximum atomic E-state index is 5.41. The third-order valence-electron chi connectivity index (χ3n) is 2.11. The summed E-state index contributed by atoms with van der Waals surface area (Å²) in [6.07, 6.45) is 2.33. The number of nitrogens with zero attached hydrogens (tertiary/aromatic N) is 5. The van der Waals surface area contributed by atoms with Crippen molar-refractivity contribution in [1.29, 1.82) is 0 Å². The normalized spacial score (nSPS) is 10.9. The van der Waals surface area contributed by atoms with E-state index in [1.54, 1.807) is 18.0 Å². The minimum atomic E-state index is 0.361. The Kier molecular flexibility index (Phi) is 3.78. The molecule has 0 aliphatic rings. The van der Waals surface area contributed by atoms with Gasteiger partial charge in [-0.1, -0.05) is 10.4 Å². The van der Waals surface area contributed by atoms with Crippen molar-refractivity contribution in [2.24, 2.45) is 5.73 Å². The van der Waals surface area contributed by atoms with Crippen LogP contribution in [0, 0.1) is 0 Å². The van der Waals surface area contributed by atoms with Crippen LogP contribution in [0.25, 0.3) is 11.6 Å². The van der Waals surface area contributed by atoms with Crippen molar-refractivity contribution in [2.45, 2.75) is 13.0 Å². The molecule has 2 rings (SSSR count). The van der Waals surface area contributed by atoms with E-state index in [1.807, 2.05) is 0 Å². The third-order valence-corrected chi connectivity index (χ3v) is 2.11. The molecule has 0 saturated carbocycles. The molecule has 2 aromatic rings. The fourth-order valence-electron chi connectivity index (χ4n) is 1.29. The molecule has 0 bridgehead atoms. The number of rotatable bonds is 6. The van der Waals surface area contributed by atoms with Gasteiger partial charge >= 0.3 is 0 Å². The molecule has 0 aliphatic heterocycles. The highest BCUT2D eigenvalue weighted by molar-refractivity contribution is 5.43. The van der Waals surface area contributed by atoms with Crippen LogP contribution in [0.4, 0.5) is 0 Å². The number of hydrogen-bond acceptors (Lipinski definition) is 7. The molecule has 2 aromatic heterocycles. The van der Waals surface area contributed by atoms with E-state index in [-0.39, 0.29) is 0 Å². The molecular weight excluding hydrogens is 224 g/mol. The van der Waals surface area contributed by atoms with Crippen LogP contribution >= 0.6 is 0 Å². The zero-order valence-electron chi connectivity index (χ0n) is 9.54. The quantitative estimate of drug-likeness (QED) is 0.721. The summed E-state index contributed by atoms with van der Waals surface area (Å²) in [5, 5.41) is 11.6. The van der Waals surface area contributed by atoms with E-state index in [9.17, 15) is 0 Å². The number of nitrogens with two attached hydrogens (primary N) is 1. The summed E-state index contributed by atoms with van der Waals surface area (Å²) in [5.74, 6) is 0.953. The van der Waals surface area contributed by atoms with Gasteiger partial charge in [-0.3, -0.25) is 4.68 Å². The van der Waals surface area contributed by atoms with E-state index in [0.29, 0.717) is 43.5 Å². The first kappa shape index (κ1) is 11.7. The van der Waals surface area contributed by atoms with Gasteiger partial charge in [0.2, 0.25) is 0 Å². The van der Waals surface area contributed by atoms with Crippen molar-refractivity contribution < 1.29 is 9.26 Å². The Morgan fingerprint density at radius 2 is 2.41 bits per heavy atom. The summed E-state index contributed by atoms with van der Waals surface area (Å²) in [6.45, 7) is 1.67. The second-order valence-corrected chi connectivity index (χ2v) is 3.41. The highest BCUT2D eigenvalue weighted by Crippen LogP contribution is 2.13. The van der Waals surface area contributed by atoms with E-state index in [0.717, 1.165) is 0 Å². The summed E-state index contributed by atoms with van der Waals surface area (Å²) in [7, 11) is 1.62. The van der Waals surface area contributed by atoms with Crippen LogP contribution in [0.15, 0.2) is 10.7 Å². The molecule has 0 atom stereocenters. The van der Waals surface area contributed by atoms with Gasteiger partial charge in [0.1, 0.15) is 0 Å². The van der Waals surface area contributed by atoms with Gasteiger partial charge in [0.25, 0.3) is 5.89 Å². The maximum absolute atomic E-state index is 5.41. The molecule has 8 nitrogen and oxygen atoms in total. The SMILES string of the molecule is COCCc1noc(-c2cn(CCN)nn2)n1. The van der Waals surface area contributed by atoms with Crippen molar-refractivity contribution in [3.8, 4) is 11.6 Å². The van der Waals surface area contributed by atoms with Gasteiger partial charge in [0.05, 0.1) is 19.3 Å². The average molecular weight is 238 g/mol. The van der Waals surface area contributed by atoms with Crippen LogP contribution in [0.1, 0.15) is 5.82 Å². The van der Waals surface area contributed by atoms with Crippen LogP contribution in [0.3, 0.4) is 0 Å². The molecule has 0 saturated heterocycles. The molecule has 0 spiro atoms. The fraction of sp³-hybridized carbons (Fsp3) is 0.556. The lowest BCUT2D eigenvalue weighted by molar-refractivity contribution is 0.199. The third kappa shape index (κ3) is 2.86. The number of aromatic nitrogens is 5. The standard InChI is InChI=1S/C9H14N6O2/c1-16-5-2-8-11-9(17-13-8)7-6-15(4-3-10)14-12-7/h6H,2-5,10H2,1H3. The number of ether oxygens (including phenoxy) is 1. The molecule has 17 heavy (non-hydrogen) atoms. The molecule has 0 unspecified atom stereocenters. The van der Waals surface area contributed by atoms with Crippen molar-refractivity contribution in [3.63, 3.8) is 0 Å². The Morgan fingerprint density at radius 3 is 3.18 bits per heavy atom. The lowest BCUT2D eigenvalue weighted by atomic mass is 10.4. The van der Waals surface area contributed by atoms with Crippen LogP contribution in [-0.4, -0.2) is 45.4 Å². The van der Waals surface area contributed by atoms with Crippen LogP contribution in [0.2, 0.25) is 0 Å². The average Bonchev–Trinajstić information content (AvgIpc) is 2.95. The van der Waals surface area contributed by atoms with E-state index >= 15 is 0 Å². The number of hydrogen-bond donors (Lipinski definition) is 1. The van der Waals surface area contributed by atoms with Crippen molar-refractivity contribution >= 4 is 0 Å². The highest BCUT2D eigenvalue weighted by atomic mass is 16.5. The molecule has 0 fully saturated rings. The summed E-state index contributed by atoms with van der Waals surface area (Å²) in [4.78, 5) is 4.19. The molecule has 0 amide bonds. The molecular formula is C9H14N6O2. The Labute approximate surface area is 97.7 Å². The van der Waals surface area contributed by atoms with E-state index in [4.69, 9.17) is 15.0 Å². The first-order chi connectivity index (χ1) is 8.33. The minimum absolute atomic E-state index is 0.361. The van der Waals surface area contributed by atoms with Crippen LogP contribution < -0.4 is 5.73 Å². The Balaban J connectivity index is 2.07. The molecule has 0 aromatic carbocycles. The molecule has 0 aliphatic carbocycles. The predicted octanol–water partition coefficient (Wildman–Crippen LogP) is -0.524. The molecule has 2 heterocycles. The molecule has 2 N–H and O–H groups in total. The first-order valence-corrected chi connectivity index (χ1v) is 5.25. The van der Waals surface area contributed by atoms with Gasteiger partial charge in [-0.05, 0) is 0 Å². The van der Waals surface area contributed by atoms with Crippen molar-refractivity contribution in [2.75, 3.05) is 20.3 Å². The predicted molar refractivity (Wildman–Crippen MR) is 57.9 cm³/mol. The lowest BCUT2D eigenvalue weighted by Crippen LogP contribution is -2.10. The monoisotopic (exact) mass is 238 g/mol. The van der Waals surface area contributed by atoms with Gasteiger partial charge in [0.15, 0.2) is 11.5 Å². The summed E-state index contributed by atoms with van der Waals surface area (Å²) >= 11 is 0. The van der Waals surface area contributed by atoms with E-state index < -0.39 is 0 Å². The fourth-order valence-corrected chi connectivity index (χ4v) is 1.29. The van der Waals surface area contributed by atoms with Crippen molar-refractivity contribution in [1.82, 2.24) is 25.1 Å². The Bertz CT molecular complexity index is 466. The summed E-state index contributed by atoms with van der Waals surface area (Å²) < 4.78 is 11.6. The largest absolute Gasteiger partial charge is 0.384 e. The summed E-state index contributed by atoms with van der Waals surface area (Å²) in [6, 6.07) is 0. The van der Waals surface area contributed by atoms with Crippen LogP contribution in [-0.2, 0) is 17.7 Å². The highest BCUT2D eigenvalue weighted by Gasteiger charge is 2.12. The topological polar surface area (TPSA) is 105 Å². The van der Waals surface area contributed by atoms with Gasteiger partial charge < -0.3 is 15.0 Å². The smallest absolute Gasteiger partial charge is 0.280 e. The van der Waals surface area contributed by atoms with Gasteiger partial charge in [0, 0.05) is 20.1 Å². The van der Waals surface area contributed by atoms with Gasteiger partial charge in [-0.15, -0.1) is 5.10 Å². The second-order valence-electron chi connectivity index (χ2n) is 3.41. The maximum Gasteiger partial charge on any atom is 0.280 e. The lowest BCUT2D eigenvalue weighted by Gasteiger charge is -1.91. The Hall–Kier alpha value is -1.80. The zero-order valence-corrected chi connectivity index (χ0v) is 9.54. The van der Waals surface area contributed by atoms with Gasteiger partial charge in [-0.25, -0.2) is 0 Å². The van der Waals surface area contributed by atoms with E-state index in [1.165, 1.54) is 0 Å². The molecule has 8 heteroatoms. The first-order valence-electron chi connectivity index (χ1n) is 5.25. The Morgan fingerprint density at radius 1 is 1.53 bits per heavy atom.